The van der Waals surface area contributed by atoms with Gasteiger partial charge in [-0.05, 0) is 35.4 Å². The lowest BCUT2D eigenvalue weighted by Gasteiger charge is -2.15. The summed E-state index contributed by atoms with van der Waals surface area (Å²) in [6.07, 6.45) is 0. The predicted molar refractivity (Wildman–Crippen MR) is 98.1 cm³/mol. The average Bonchev–Trinajstić information content (AvgIpc) is 2.62. The summed E-state index contributed by atoms with van der Waals surface area (Å²) in [5, 5.41) is 0. The van der Waals surface area contributed by atoms with E-state index in [1.54, 1.807) is 14.2 Å². The van der Waals surface area contributed by atoms with Gasteiger partial charge in [-0.3, -0.25) is 0 Å². The molecule has 0 unspecified atom stereocenters. The molecule has 0 saturated heterocycles. The van der Waals surface area contributed by atoms with E-state index in [0.717, 1.165) is 32.7 Å². The highest BCUT2D eigenvalue weighted by atomic mass is 79.9. The summed E-state index contributed by atoms with van der Waals surface area (Å²) in [4.78, 5) is 0. The van der Waals surface area contributed by atoms with Gasteiger partial charge in [-0.1, -0.05) is 58.4 Å². The van der Waals surface area contributed by atoms with Crippen LogP contribution < -0.4 is 9.47 Å². The van der Waals surface area contributed by atoms with Crippen molar-refractivity contribution in [1.29, 1.82) is 0 Å². The van der Waals surface area contributed by atoms with Crippen LogP contribution >= 0.6 is 15.9 Å². The molecule has 0 aliphatic rings. The van der Waals surface area contributed by atoms with Crippen molar-refractivity contribution in [3.05, 3.63) is 71.2 Å². The van der Waals surface area contributed by atoms with Crippen LogP contribution in [0.4, 0.5) is 0 Å². The van der Waals surface area contributed by atoms with Gasteiger partial charge in [0, 0.05) is 10.0 Å². The second-order valence-corrected chi connectivity index (χ2v) is 5.95. The fourth-order valence-electron chi connectivity index (χ4n) is 2.64. The minimum absolute atomic E-state index is 0.787. The van der Waals surface area contributed by atoms with Gasteiger partial charge in [-0.15, -0.1) is 0 Å². The van der Waals surface area contributed by atoms with Gasteiger partial charge in [0.05, 0.1) is 19.8 Å². The lowest BCUT2D eigenvalue weighted by atomic mass is 9.98. The normalized spacial score (nSPS) is 10.4. The molecule has 3 rings (SSSR count). The molecule has 3 aromatic carbocycles. The van der Waals surface area contributed by atoms with E-state index in [9.17, 15) is 0 Å². The summed E-state index contributed by atoms with van der Waals surface area (Å²) in [6.45, 7) is 0. The van der Waals surface area contributed by atoms with Gasteiger partial charge >= 0.3 is 0 Å². The zero-order valence-electron chi connectivity index (χ0n) is 13.0. The van der Waals surface area contributed by atoms with E-state index in [-0.39, 0.29) is 0 Å². The topological polar surface area (TPSA) is 18.5 Å². The number of rotatable bonds is 4. The molecule has 0 amide bonds. The van der Waals surface area contributed by atoms with Gasteiger partial charge < -0.3 is 9.47 Å². The van der Waals surface area contributed by atoms with Crippen molar-refractivity contribution in [2.45, 2.75) is 0 Å². The molecule has 0 N–H and O–H groups in total. The fraction of sp³-hybridized carbons (Fsp3) is 0.100. The first kappa shape index (κ1) is 15.6. The minimum atomic E-state index is 0.787. The molecular formula is C20H17BrO2. The Labute approximate surface area is 144 Å². The van der Waals surface area contributed by atoms with Crippen LogP contribution in [0.1, 0.15) is 0 Å². The quantitative estimate of drug-likeness (QED) is 0.579. The van der Waals surface area contributed by atoms with Crippen LogP contribution in [0.25, 0.3) is 22.3 Å². The van der Waals surface area contributed by atoms with Crippen LogP contribution in [-0.4, -0.2) is 14.2 Å². The van der Waals surface area contributed by atoms with Gasteiger partial charge in [0.1, 0.15) is 11.5 Å². The van der Waals surface area contributed by atoms with E-state index in [1.807, 2.05) is 36.4 Å². The first-order chi connectivity index (χ1) is 11.2. The SMILES string of the molecule is COc1cccc(OC)c1-c1cc(-c2ccccc2)ccc1Br. The van der Waals surface area contributed by atoms with Crippen molar-refractivity contribution in [3.8, 4) is 33.8 Å². The maximum absolute atomic E-state index is 5.54. The minimum Gasteiger partial charge on any atom is -0.496 e. The highest BCUT2D eigenvalue weighted by Gasteiger charge is 2.15. The summed E-state index contributed by atoms with van der Waals surface area (Å²) in [5.41, 5.74) is 4.31. The van der Waals surface area contributed by atoms with Gasteiger partial charge in [-0.2, -0.15) is 0 Å². The third-order valence-electron chi connectivity index (χ3n) is 3.77. The Morgan fingerprint density at radius 3 is 1.96 bits per heavy atom. The molecule has 0 aliphatic carbocycles. The van der Waals surface area contributed by atoms with E-state index in [4.69, 9.17) is 9.47 Å². The number of halogens is 1. The molecule has 0 radical (unpaired) electrons. The smallest absolute Gasteiger partial charge is 0.130 e. The Morgan fingerprint density at radius 1 is 0.696 bits per heavy atom. The van der Waals surface area contributed by atoms with E-state index >= 15 is 0 Å². The van der Waals surface area contributed by atoms with Crippen molar-refractivity contribution < 1.29 is 9.47 Å². The fourth-order valence-corrected chi connectivity index (χ4v) is 3.09. The van der Waals surface area contributed by atoms with Gasteiger partial charge in [0.15, 0.2) is 0 Å². The Balaban J connectivity index is 2.21. The van der Waals surface area contributed by atoms with Crippen molar-refractivity contribution in [2.75, 3.05) is 14.2 Å². The zero-order valence-corrected chi connectivity index (χ0v) is 14.6. The van der Waals surface area contributed by atoms with Gasteiger partial charge in [0.25, 0.3) is 0 Å². The van der Waals surface area contributed by atoms with Crippen molar-refractivity contribution in [1.82, 2.24) is 0 Å². The van der Waals surface area contributed by atoms with Crippen molar-refractivity contribution in [3.63, 3.8) is 0 Å². The lowest BCUT2D eigenvalue weighted by Crippen LogP contribution is -1.94. The number of hydrogen-bond acceptors (Lipinski definition) is 2. The molecule has 0 fully saturated rings. The second-order valence-electron chi connectivity index (χ2n) is 5.10. The maximum atomic E-state index is 5.54. The summed E-state index contributed by atoms with van der Waals surface area (Å²) < 4.78 is 12.1. The average molecular weight is 369 g/mol. The van der Waals surface area contributed by atoms with E-state index in [2.05, 4.69) is 46.3 Å². The molecule has 0 saturated carbocycles. The molecule has 0 spiro atoms. The summed E-state index contributed by atoms with van der Waals surface area (Å²) >= 11 is 3.66. The number of ether oxygens (including phenoxy) is 2. The summed E-state index contributed by atoms with van der Waals surface area (Å²) in [6, 6.07) is 22.4. The standard InChI is InChI=1S/C20H17BrO2/c1-22-18-9-6-10-19(23-2)20(18)16-13-15(11-12-17(16)21)14-7-4-3-5-8-14/h3-13H,1-2H3. The number of benzene rings is 3. The first-order valence-electron chi connectivity index (χ1n) is 7.31. The molecule has 0 bridgehead atoms. The monoisotopic (exact) mass is 368 g/mol. The van der Waals surface area contributed by atoms with E-state index in [0.29, 0.717) is 0 Å². The molecule has 23 heavy (non-hydrogen) atoms. The molecular weight excluding hydrogens is 352 g/mol. The van der Waals surface area contributed by atoms with E-state index < -0.39 is 0 Å². The van der Waals surface area contributed by atoms with Gasteiger partial charge in [0.2, 0.25) is 0 Å². The second kappa shape index (κ2) is 6.88. The number of methoxy groups -OCH3 is 2. The van der Waals surface area contributed by atoms with Crippen LogP contribution in [0.5, 0.6) is 11.5 Å². The molecule has 3 heteroatoms. The highest BCUT2D eigenvalue weighted by molar-refractivity contribution is 9.10. The van der Waals surface area contributed by atoms with Crippen LogP contribution in [0.2, 0.25) is 0 Å². The predicted octanol–water partition coefficient (Wildman–Crippen LogP) is 5.80. The van der Waals surface area contributed by atoms with Crippen LogP contribution in [0, 0.1) is 0 Å². The Morgan fingerprint density at radius 2 is 1.35 bits per heavy atom. The van der Waals surface area contributed by atoms with Crippen molar-refractivity contribution in [2.24, 2.45) is 0 Å². The summed E-state index contributed by atoms with van der Waals surface area (Å²) in [5.74, 6) is 1.57. The maximum Gasteiger partial charge on any atom is 0.130 e. The number of hydrogen-bond donors (Lipinski definition) is 0. The molecule has 116 valence electrons. The third-order valence-corrected chi connectivity index (χ3v) is 4.46. The third kappa shape index (κ3) is 3.10. The van der Waals surface area contributed by atoms with E-state index in [1.165, 1.54) is 5.56 Å². The Hall–Kier alpha value is -2.26. The van der Waals surface area contributed by atoms with Crippen LogP contribution in [0.3, 0.4) is 0 Å². The molecule has 0 heterocycles. The molecule has 2 nitrogen and oxygen atoms in total. The van der Waals surface area contributed by atoms with Crippen LogP contribution in [-0.2, 0) is 0 Å². The molecule has 0 atom stereocenters. The highest BCUT2D eigenvalue weighted by Crippen LogP contribution is 2.43. The largest absolute Gasteiger partial charge is 0.496 e. The zero-order chi connectivity index (χ0) is 16.2. The lowest BCUT2D eigenvalue weighted by molar-refractivity contribution is 0.397. The molecule has 3 aromatic rings. The first-order valence-corrected chi connectivity index (χ1v) is 8.10. The molecule has 0 aromatic heterocycles. The van der Waals surface area contributed by atoms with Gasteiger partial charge in [-0.25, -0.2) is 0 Å². The Bertz CT molecular complexity index is 791. The summed E-state index contributed by atoms with van der Waals surface area (Å²) in [7, 11) is 3.35. The molecule has 0 aliphatic heterocycles. The van der Waals surface area contributed by atoms with Crippen molar-refractivity contribution >= 4 is 15.9 Å². The Kier molecular flexibility index (Phi) is 4.68. The van der Waals surface area contributed by atoms with Crippen LogP contribution in [0.15, 0.2) is 71.2 Å².